The lowest BCUT2D eigenvalue weighted by atomic mass is 9.76. The molecule has 0 aliphatic heterocycles. The van der Waals surface area contributed by atoms with Crippen LogP contribution in [-0.4, -0.2) is 13.2 Å². The predicted octanol–water partition coefficient (Wildman–Crippen LogP) is 3.30. The lowest BCUT2D eigenvalue weighted by molar-refractivity contribution is 0.409. The SMILES string of the molecule is COc1ccc2c(c1)C(Cc1ccccc1)C(N)CC2. The molecule has 0 fully saturated rings. The largest absolute Gasteiger partial charge is 0.497 e. The molecule has 2 heteroatoms. The molecule has 0 radical (unpaired) electrons. The van der Waals surface area contributed by atoms with Gasteiger partial charge in [-0.3, -0.25) is 0 Å². The zero-order chi connectivity index (χ0) is 13.9. The Balaban J connectivity index is 1.94. The Bertz CT molecular complexity index is 579. The molecule has 0 saturated heterocycles. The monoisotopic (exact) mass is 267 g/mol. The van der Waals surface area contributed by atoms with Gasteiger partial charge in [-0.2, -0.15) is 0 Å². The quantitative estimate of drug-likeness (QED) is 0.926. The maximum atomic E-state index is 6.39. The van der Waals surface area contributed by atoms with Gasteiger partial charge in [0.2, 0.25) is 0 Å². The fourth-order valence-corrected chi connectivity index (χ4v) is 3.16. The van der Waals surface area contributed by atoms with E-state index in [-0.39, 0.29) is 6.04 Å². The maximum Gasteiger partial charge on any atom is 0.119 e. The van der Waals surface area contributed by atoms with Crippen LogP contribution in [0.3, 0.4) is 0 Å². The second-order valence-electron chi connectivity index (χ2n) is 5.56. The fourth-order valence-electron chi connectivity index (χ4n) is 3.16. The lowest BCUT2D eigenvalue weighted by Gasteiger charge is -2.31. The Morgan fingerprint density at radius 2 is 1.95 bits per heavy atom. The number of nitrogens with two attached hydrogens (primary N) is 1. The molecule has 0 spiro atoms. The second kappa shape index (κ2) is 5.68. The summed E-state index contributed by atoms with van der Waals surface area (Å²) in [6.45, 7) is 0. The van der Waals surface area contributed by atoms with E-state index < -0.39 is 0 Å². The molecule has 0 saturated carbocycles. The van der Waals surface area contributed by atoms with Crippen LogP contribution in [0.4, 0.5) is 0 Å². The molecule has 0 amide bonds. The van der Waals surface area contributed by atoms with Crippen molar-refractivity contribution in [2.75, 3.05) is 7.11 Å². The van der Waals surface area contributed by atoms with Gasteiger partial charge in [-0.05, 0) is 48.1 Å². The summed E-state index contributed by atoms with van der Waals surface area (Å²) >= 11 is 0. The van der Waals surface area contributed by atoms with Crippen molar-refractivity contribution in [3.8, 4) is 5.75 Å². The van der Waals surface area contributed by atoms with Gasteiger partial charge in [0.15, 0.2) is 0 Å². The van der Waals surface area contributed by atoms with Crippen molar-refractivity contribution in [1.29, 1.82) is 0 Å². The predicted molar refractivity (Wildman–Crippen MR) is 82.2 cm³/mol. The summed E-state index contributed by atoms with van der Waals surface area (Å²) in [5, 5.41) is 0. The molecule has 2 aromatic rings. The number of fused-ring (bicyclic) bond motifs is 1. The van der Waals surface area contributed by atoms with Crippen molar-refractivity contribution in [2.45, 2.75) is 31.2 Å². The van der Waals surface area contributed by atoms with Crippen LogP contribution in [0.2, 0.25) is 0 Å². The Hall–Kier alpha value is -1.80. The van der Waals surface area contributed by atoms with Crippen molar-refractivity contribution >= 4 is 0 Å². The minimum atomic E-state index is 0.231. The van der Waals surface area contributed by atoms with Crippen molar-refractivity contribution in [3.05, 3.63) is 65.2 Å². The van der Waals surface area contributed by atoms with E-state index in [4.69, 9.17) is 10.5 Å². The van der Waals surface area contributed by atoms with E-state index in [0.717, 1.165) is 25.0 Å². The van der Waals surface area contributed by atoms with Gasteiger partial charge >= 0.3 is 0 Å². The average molecular weight is 267 g/mol. The molecule has 0 bridgehead atoms. The van der Waals surface area contributed by atoms with Crippen molar-refractivity contribution in [1.82, 2.24) is 0 Å². The summed E-state index contributed by atoms with van der Waals surface area (Å²) in [5.41, 5.74) is 10.5. The molecular weight excluding hydrogens is 246 g/mol. The first-order valence-corrected chi connectivity index (χ1v) is 7.24. The highest BCUT2D eigenvalue weighted by Crippen LogP contribution is 2.35. The Morgan fingerprint density at radius 3 is 2.70 bits per heavy atom. The van der Waals surface area contributed by atoms with Gasteiger partial charge in [-0.1, -0.05) is 36.4 Å². The topological polar surface area (TPSA) is 35.2 Å². The van der Waals surface area contributed by atoms with E-state index in [2.05, 4.69) is 48.5 Å². The zero-order valence-corrected chi connectivity index (χ0v) is 11.9. The Morgan fingerprint density at radius 1 is 1.15 bits per heavy atom. The van der Waals surface area contributed by atoms with Crippen molar-refractivity contribution < 1.29 is 4.74 Å². The fraction of sp³-hybridized carbons (Fsp3) is 0.333. The molecule has 1 aliphatic rings. The van der Waals surface area contributed by atoms with Crippen LogP contribution in [0.1, 0.15) is 29.0 Å². The van der Waals surface area contributed by atoms with Crippen LogP contribution in [0.5, 0.6) is 5.75 Å². The number of hydrogen-bond donors (Lipinski definition) is 1. The molecule has 3 rings (SSSR count). The Labute approximate surface area is 120 Å². The van der Waals surface area contributed by atoms with Crippen LogP contribution in [0, 0.1) is 0 Å². The molecule has 0 heterocycles. The van der Waals surface area contributed by atoms with E-state index >= 15 is 0 Å². The minimum Gasteiger partial charge on any atom is -0.497 e. The van der Waals surface area contributed by atoms with Crippen LogP contribution < -0.4 is 10.5 Å². The van der Waals surface area contributed by atoms with Crippen LogP contribution in [0.15, 0.2) is 48.5 Å². The number of rotatable bonds is 3. The van der Waals surface area contributed by atoms with Gasteiger partial charge in [0, 0.05) is 12.0 Å². The number of methoxy groups -OCH3 is 1. The van der Waals surface area contributed by atoms with Gasteiger partial charge in [0.25, 0.3) is 0 Å². The van der Waals surface area contributed by atoms with E-state index in [9.17, 15) is 0 Å². The number of aryl methyl sites for hydroxylation is 1. The molecule has 104 valence electrons. The average Bonchev–Trinajstić information content (AvgIpc) is 2.51. The molecule has 0 aromatic heterocycles. The van der Waals surface area contributed by atoms with Crippen molar-refractivity contribution in [3.63, 3.8) is 0 Å². The number of hydrogen-bond acceptors (Lipinski definition) is 2. The van der Waals surface area contributed by atoms with Crippen LogP contribution in [-0.2, 0) is 12.8 Å². The molecular formula is C18H21NO. The zero-order valence-electron chi connectivity index (χ0n) is 11.9. The Kier molecular flexibility index (Phi) is 3.75. The maximum absolute atomic E-state index is 6.39. The van der Waals surface area contributed by atoms with Gasteiger partial charge in [-0.15, -0.1) is 0 Å². The van der Waals surface area contributed by atoms with E-state index in [1.807, 2.05) is 0 Å². The number of benzene rings is 2. The minimum absolute atomic E-state index is 0.231. The van der Waals surface area contributed by atoms with Crippen LogP contribution >= 0.6 is 0 Å². The molecule has 2 unspecified atom stereocenters. The number of ether oxygens (including phenoxy) is 1. The third-order valence-electron chi connectivity index (χ3n) is 4.31. The van der Waals surface area contributed by atoms with Gasteiger partial charge in [-0.25, -0.2) is 0 Å². The second-order valence-corrected chi connectivity index (χ2v) is 5.56. The third kappa shape index (κ3) is 2.56. The first-order valence-electron chi connectivity index (χ1n) is 7.24. The highest BCUT2D eigenvalue weighted by atomic mass is 16.5. The first-order chi connectivity index (χ1) is 9.78. The first kappa shape index (κ1) is 13.2. The standard InChI is InChI=1S/C18H21NO/c1-20-15-9-7-14-8-10-18(19)17(16(14)12-15)11-13-5-3-2-4-6-13/h2-7,9,12,17-18H,8,10-11,19H2,1H3. The van der Waals surface area contributed by atoms with Gasteiger partial charge in [0.05, 0.1) is 7.11 Å². The van der Waals surface area contributed by atoms with Gasteiger partial charge in [0.1, 0.15) is 5.75 Å². The van der Waals surface area contributed by atoms with Crippen LogP contribution in [0.25, 0.3) is 0 Å². The summed E-state index contributed by atoms with van der Waals surface area (Å²) in [6.07, 6.45) is 3.14. The summed E-state index contributed by atoms with van der Waals surface area (Å²) in [6, 6.07) is 17.3. The summed E-state index contributed by atoms with van der Waals surface area (Å²) in [7, 11) is 1.72. The lowest BCUT2D eigenvalue weighted by Crippen LogP contribution is -2.34. The summed E-state index contributed by atoms with van der Waals surface area (Å²) < 4.78 is 5.37. The normalized spacial score (nSPS) is 21.3. The molecule has 20 heavy (non-hydrogen) atoms. The smallest absolute Gasteiger partial charge is 0.119 e. The molecule has 2 N–H and O–H groups in total. The third-order valence-corrected chi connectivity index (χ3v) is 4.31. The molecule has 2 atom stereocenters. The van der Waals surface area contributed by atoms with Gasteiger partial charge < -0.3 is 10.5 Å². The van der Waals surface area contributed by atoms with E-state index in [0.29, 0.717) is 5.92 Å². The van der Waals surface area contributed by atoms with E-state index in [1.54, 1.807) is 7.11 Å². The summed E-state index contributed by atoms with van der Waals surface area (Å²) in [4.78, 5) is 0. The highest BCUT2D eigenvalue weighted by Gasteiger charge is 2.27. The molecule has 1 aliphatic carbocycles. The molecule has 2 nitrogen and oxygen atoms in total. The summed E-state index contributed by atoms with van der Waals surface area (Å²) in [5.74, 6) is 1.31. The highest BCUT2D eigenvalue weighted by molar-refractivity contribution is 5.41. The van der Waals surface area contributed by atoms with Crippen molar-refractivity contribution in [2.24, 2.45) is 5.73 Å². The van der Waals surface area contributed by atoms with E-state index in [1.165, 1.54) is 16.7 Å². The molecule has 2 aromatic carbocycles.